The van der Waals surface area contributed by atoms with E-state index in [0.29, 0.717) is 5.03 Å². The fraction of sp³-hybridized carbons (Fsp3) is 0.556. The summed E-state index contributed by atoms with van der Waals surface area (Å²) in [5.74, 6) is 0. The molecule has 1 aliphatic rings. The van der Waals surface area contributed by atoms with Crippen LogP contribution >= 0.6 is 0 Å². The van der Waals surface area contributed by atoms with Gasteiger partial charge in [0.1, 0.15) is 5.03 Å². The standard InChI is InChI=1S/C9H13N3OS/c1-7-2-3-9(12-11-7)14(13)8-4-5-10-6-8/h2-3,8,10H,4-6H2,1H3/t8-,14-/m0/s1. The van der Waals surface area contributed by atoms with E-state index >= 15 is 0 Å². The molecule has 14 heavy (non-hydrogen) atoms. The normalized spacial score (nSPS) is 23.6. The van der Waals surface area contributed by atoms with E-state index < -0.39 is 10.8 Å². The van der Waals surface area contributed by atoms with Crippen molar-refractivity contribution in [3.05, 3.63) is 17.8 Å². The number of hydrogen-bond donors (Lipinski definition) is 1. The summed E-state index contributed by atoms with van der Waals surface area (Å²) >= 11 is 0. The second-order valence-corrected chi connectivity index (χ2v) is 5.10. The number of nitrogens with zero attached hydrogens (tertiary/aromatic N) is 2. The molecule has 1 aromatic heterocycles. The Morgan fingerprint density at radius 2 is 2.36 bits per heavy atom. The Hall–Kier alpha value is -0.810. The Morgan fingerprint density at radius 1 is 1.50 bits per heavy atom. The summed E-state index contributed by atoms with van der Waals surface area (Å²) < 4.78 is 11.9. The molecule has 1 fully saturated rings. The number of hydrogen-bond acceptors (Lipinski definition) is 4. The van der Waals surface area contributed by atoms with Crippen molar-refractivity contribution in [3.63, 3.8) is 0 Å². The Bertz CT molecular complexity index is 332. The van der Waals surface area contributed by atoms with Gasteiger partial charge in [0.2, 0.25) is 0 Å². The van der Waals surface area contributed by atoms with Crippen LogP contribution in [0.1, 0.15) is 12.1 Å². The number of rotatable bonds is 2. The summed E-state index contributed by atoms with van der Waals surface area (Å²) in [7, 11) is -1.00. The Morgan fingerprint density at radius 3 is 2.93 bits per heavy atom. The predicted octanol–water partition coefficient (Wildman–Crippen LogP) is 0.255. The van der Waals surface area contributed by atoms with Crippen LogP contribution in [0.15, 0.2) is 17.2 Å². The molecule has 0 bridgehead atoms. The second-order valence-electron chi connectivity index (χ2n) is 3.43. The van der Waals surface area contributed by atoms with Gasteiger partial charge in [0.15, 0.2) is 0 Å². The van der Waals surface area contributed by atoms with Crippen LogP contribution in [-0.2, 0) is 10.8 Å². The lowest BCUT2D eigenvalue weighted by Crippen LogP contribution is -2.19. The van der Waals surface area contributed by atoms with Gasteiger partial charge in [-0.1, -0.05) is 0 Å². The van der Waals surface area contributed by atoms with Crippen molar-refractivity contribution in [2.75, 3.05) is 13.1 Å². The van der Waals surface area contributed by atoms with Crippen molar-refractivity contribution in [1.29, 1.82) is 0 Å². The van der Waals surface area contributed by atoms with Crippen molar-refractivity contribution in [1.82, 2.24) is 15.5 Å². The van der Waals surface area contributed by atoms with Gasteiger partial charge in [-0.2, -0.15) is 5.10 Å². The molecule has 0 amide bonds. The quantitative estimate of drug-likeness (QED) is 0.762. The lowest BCUT2D eigenvalue weighted by atomic mass is 10.4. The number of nitrogens with one attached hydrogen (secondary N) is 1. The third kappa shape index (κ3) is 1.99. The van der Waals surface area contributed by atoms with Crippen LogP contribution in [0.4, 0.5) is 0 Å². The third-order valence-corrected chi connectivity index (χ3v) is 3.94. The molecule has 2 heterocycles. The van der Waals surface area contributed by atoms with Gasteiger partial charge in [-0.05, 0) is 32.0 Å². The molecular weight excluding hydrogens is 198 g/mol. The molecule has 5 heteroatoms. The summed E-state index contributed by atoms with van der Waals surface area (Å²) in [6, 6.07) is 3.65. The summed E-state index contributed by atoms with van der Waals surface area (Å²) in [5, 5.41) is 11.8. The monoisotopic (exact) mass is 211 g/mol. The highest BCUT2D eigenvalue weighted by Crippen LogP contribution is 2.13. The van der Waals surface area contributed by atoms with Crippen LogP contribution in [0, 0.1) is 6.92 Å². The van der Waals surface area contributed by atoms with E-state index in [-0.39, 0.29) is 5.25 Å². The molecule has 4 nitrogen and oxygen atoms in total. The summed E-state index contributed by atoms with van der Waals surface area (Å²) in [6.07, 6.45) is 0.960. The predicted molar refractivity (Wildman–Crippen MR) is 54.5 cm³/mol. The van der Waals surface area contributed by atoms with Crippen LogP contribution in [-0.4, -0.2) is 32.7 Å². The van der Waals surface area contributed by atoms with Gasteiger partial charge in [0.05, 0.1) is 21.7 Å². The minimum atomic E-state index is -1.00. The minimum absolute atomic E-state index is 0.201. The van der Waals surface area contributed by atoms with Crippen molar-refractivity contribution in [2.45, 2.75) is 23.6 Å². The first-order valence-corrected chi connectivity index (χ1v) is 5.90. The average Bonchev–Trinajstić information content (AvgIpc) is 2.71. The van der Waals surface area contributed by atoms with Gasteiger partial charge in [0, 0.05) is 6.54 Å². The third-order valence-electron chi connectivity index (χ3n) is 2.30. The van der Waals surface area contributed by atoms with Crippen LogP contribution in [0.2, 0.25) is 0 Å². The van der Waals surface area contributed by atoms with Crippen LogP contribution in [0.25, 0.3) is 0 Å². The topological polar surface area (TPSA) is 54.9 Å². The van der Waals surface area contributed by atoms with E-state index in [1.54, 1.807) is 6.07 Å². The second kappa shape index (κ2) is 4.14. The number of aryl methyl sites for hydroxylation is 1. The maximum Gasteiger partial charge on any atom is 0.150 e. The van der Waals surface area contributed by atoms with Gasteiger partial charge < -0.3 is 5.32 Å². The highest BCUT2D eigenvalue weighted by Gasteiger charge is 2.23. The van der Waals surface area contributed by atoms with Gasteiger partial charge in [-0.3, -0.25) is 4.21 Å². The summed E-state index contributed by atoms with van der Waals surface area (Å²) in [6.45, 7) is 3.65. The molecular formula is C9H13N3OS. The van der Waals surface area contributed by atoms with E-state index in [4.69, 9.17) is 0 Å². The molecule has 0 aromatic carbocycles. The molecule has 1 aromatic rings. The lowest BCUT2D eigenvalue weighted by Gasteiger charge is -2.06. The van der Waals surface area contributed by atoms with Crippen LogP contribution in [0.3, 0.4) is 0 Å². The Kier molecular flexibility index (Phi) is 2.88. The molecule has 76 valence electrons. The van der Waals surface area contributed by atoms with Gasteiger partial charge in [-0.25, -0.2) is 0 Å². The average molecular weight is 211 g/mol. The zero-order valence-electron chi connectivity index (χ0n) is 8.06. The smallest absolute Gasteiger partial charge is 0.150 e. The first kappa shape index (κ1) is 9.73. The first-order valence-electron chi connectivity index (χ1n) is 4.69. The maximum atomic E-state index is 11.9. The molecule has 0 saturated carbocycles. The fourth-order valence-corrected chi connectivity index (χ4v) is 2.74. The molecule has 0 aliphatic carbocycles. The fourth-order valence-electron chi connectivity index (χ4n) is 1.48. The van der Waals surface area contributed by atoms with Crippen molar-refractivity contribution in [2.24, 2.45) is 0 Å². The van der Waals surface area contributed by atoms with E-state index in [1.807, 2.05) is 13.0 Å². The maximum absolute atomic E-state index is 11.9. The molecule has 2 atom stereocenters. The molecule has 0 unspecified atom stereocenters. The summed E-state index contributed by atoms with van der Waals surface area (Å²) in [4.78, 5) is 0. The van der Waals surface area contributed by atoms with Gasteiger partial charge in [0.25, 0.3) is 0 Å². The largest absolute Gasteiger partial charge is 0.315 e. The van der Waals surface area contributed by atoms with E-state index in [2.05, 4.69) is 15.5 Å². The molecule has 0 radical (unpaired) electrons. The number of aromatic nitrogens is 2. The summed E-state index contributed by atoms with van der Waals surface area (Å²) in [5.41, 5.74) is 0.857. The molecule has 1 aliphatic heterocycles. The first-order chi connectivity index (χ1) is 6.77. The van der Waals surface area contributed by atoms with E-state index in [0.717, 1.165) is 25.2 Å². The zero-order chi connectivity index (χ0) is 9.97. The lowest BCUT2D eigenvalue weighted by molar-refractivity contribution is 0.666. The van der Waals surface area contributed by atoms with Crippen molar-refractivity contribution >= 4 is 10.8 Å². The molecule has 1 saturated heterocycles. The highest BCUT2D eigenvalue weighted by molar-refractivity contribution is 7.85. The van der Waals surface area contributed by atoms with E-state index in [9.17, 15) is 4.21 Å². The Balaban J connectivity index is 2.14. The van der Waals surface area contributed by atoms with Gasteiger partial charge in [-0.15, -0.1) is 5.10 Å². The molecule has 1 N–H and O–H groups in total. The zero-order valence-corrected chi connectivity index (χ0v) is 8.88. The Labute approximate surface area is 85.6 Å². The van der Waals surface area contributed by atoms with Crippen molar-refractivity contribution in [3.8, 4) is 0 Å². The highest BCUT2D eigenvalue weighted by atomic mass is 32.2. The van der Waals surface area contributed by atoms with Gasteiger partial charge >= 0.3 is 0 Å². The van der Waals surface area contributed by atoms with Crippen LogP contribution in [0.5, 0.6) is 0 Å². The molecule has 2 rings (SSSR count). The van der Waals surface area contributed by atoms with Crippen molar-refractivity contribution < 1.29 is 4.21 Å². The minimum Gasteiger partial charge on any atom is -0.315 e. The molecule has 0 spiro atoms. The van der Waals surface area contributed by atoms with E-state index in [1.165, 1.54) is 0 Å². The van der Waals surface area contributed by atoms with Crippen LogP contribution < -0.4 is 5.32 Å². The SMILES string of the molecule is Cc1ccc([S@@](=O)[C@H]2CCNC2)nn1.